The third-order valence-corrected chi connectivity index (χ3v) is 2.24. The van der Waals surface area contributed by atoms with Crippen LogP contribution in [0.3, 0.4) is 0 Å². The average Bonchev–Trinajstić information content (AvgIpc) is 2.66. The van der Waals surface area contributed by atoms with Crippen molar-refractivity contribution in [1.82, 2.24) is 5.32 Å². The molecule has 5 heteroatoms. The van der Waals surface area contributed by atoms with Crippen LogP contribution in [0.5, 0.6) is 0 Å². The van der Waals surface area contributed by atoms with Gasteiger partial charge in [-0.2, -0.15) is 0 Å². The van der Waals surface area contributed by atoms with Crippen LogP contribution in [0.1, 0.15) is 19.3 Å². The number of carboxylic acids is 1. The number of carboxylic acid groups (broad SMARTS) is 1. The zero-order valence-electron chi connectivity index (χ0n) is 8.44. The van der Waals surface area contributed by atoms with E-state index >= 15 is 0 Å². The van der Waals surface area contributed by atoms with Gasteiger partial charge in [-0.1, -0.05) is 6.08 Å². The molecule has 1 saturated heterocycles. The number of ether oxygens (including phenoxy) is 1. The zero-order valence-corrected chi connectivity index (χ0v) is 8.44. The summed E-state index contributed by atoms with van der Waals surface area (Å²) >= 11 is 0. The van der Waals surface area contributed by atoms with Crippen LogP contribution in [-0.2, 0) is 14.3 Å². The lowest BCUT2D eigenvalue weighted by Crippen LogP contribution is -2.35. The number of aliphatic carboxylic acids is 1. The van der Waals surface area contributed by atoms with Crippen molar-refractivity contribution < 1.29 is 19.4 Å². The lowest BCUT2D eigenvalue weighted by Gasteiger charge is -2.10. The van der Waals surface area contributed by atoms with Gasteiger partial charge in [-0.05, 0) is 19.3 Å². The molecule has 0 radical (unpaired) electrons. The highest BCUT2D eigenvalue weighted by Crippen LogP contribution is 2.19. The molecule has 1 heterocycles. The standard InChI is InChI=1S/C10H15NO4/c1-2-3-6-11-9(12)7-4-5-8(15-7)10(13)14/h2,7-8H,1,3-6H2,(H,11,12)(H,13,14). The number of hydrogen-bond donors (Lipinski definition) is 2. The van der Waals surface area contributed by atoms with Crippen LogP contribution in [0, 0.1) is 0 Å². The quantitative estimate of drug-likeness (QED) is 0.509. The van der Waals surface area contributed by atoms with Gasteiger partial charge in [0.2, 0.25) is 5.91 Å². The monoisotopic (exact) mass is 213 g/mol. The van der Waals surface area contributed by atoms with Crippen LogP contribution >= 0.6 is 0 Å². The summed E-state index contributed by atoms with van der Waals surface area (Å²) in [6.45, 7) is 4.04. The second kappa shape index (κ2) is 5.50. The topological polar surface area (TPSA) is 75.6 Å². The second-order valence-corrected chi connectivity index (χ2v) is 3.40. The molecule has 2 unspecified atom stereocenters. The summed E-state index contributed by atoms with van der Waals surface area (Å²) < 4.78 is 5.08. The first-order valence-corrected chi connectivity index (χ1v) is 4.92. The minimum Gasteiger partial charge on any atom is -0.479 e. The molecular weight excluding hydrogens is 198 g/mol. The third kappa shape index (κ3) is 3.36. The second-order valence-electron chi connectivity index (χ2n) is 3.40. The van der Waals surface area contributed by atoms with Gasteiger partial charge in [0.15, 0.2) is 6.10 Å². The molecule has 0 aliphatic carbocycles. The van der Waals surface area contributed by atoms with Gasteiger partial charge in [0, 0.05) is 6.54 Å². The van der Waals surface area contributed by atoms with Crippen molar-refractivity contribution in [2.24, 2.45) is 0 Å². The van der Waals surface area contributed by atoms with Crippen molar-refractivity contribution in [1.29, 1.82) is 0 Å². The van der Waals surface area contributed by atoms with E-state index in [1.54, 1.807) is 6.08 Å². The number of hydrogen-bond acceptors (Lipinski definition) is 3. The predicted octanol–water partition coefficient (Wildman–Crippen LogP) is 0.311. The maximum absolute atomic E-state index is 11.4. The van der Waals surface area contributed by atoms with Crippen molar-refractivity contribution in [3.63, 3.8) is 0 Å². The Morgan fingerprint density at radius 2 is 2.13 bits per heavy atom. The maximum atomic E-state index is 11.4. The molecule has 5 nitrogen and oxygen atoms in total. The molecule has 0 bridgehead atoms. The number of nitrogens with one attached hydrogen (secondary N) is 1. The fraction of sp³-hybridized carbons (Fsp3) is 0.600. The van der Waals surface area contributed by atoms with Crippen LogP contribution in [-0.4, -0.2) is 35.7 Å². The van der Waals surface area contributed by atoms with Gasteiger partial charge in [-0.25, -0.2) is 4.79 Å². The first-order chi connectivity index (χ1) is 7.15. The van der Waals surface area contributed by atoms with Gasteiger partial charge in [-0.15, -0.1) is 6.58 Å². The largest absolute Gasteiger partial charge is 0.479 e. The summed E-state index contributed by atoms with van der Waals surface area (Å²) in [7, 11) is 0. The molecule has 2 N–H and O–H groups in total. The maximum Gasteiger partial charge on any atom is 0.332 e. The van der Waals surface area contributed by atoms with Crippen LogP contribution in [0.25, 0.3) is 0 Å². The van der Waals surface area contributed by atoms with E-state index in [4.69, 9.17) is 9.84 Å². The summed E-state index contributed by atoms with van der Waals surface area (Å²) in [6, 6.07) is 0. The van der Waals surface area contributed by atoms with Gasteiger partial charge >= 0.3 is 5.97 Å². The van der Waals surface area contributed by atoms with Gasteiger partial charge in [0.1, 0.15) is 6.10 Å². The minimum absolute atomic E-state index is 0.236. The third-order valence-electron chi connectivity index (χ3n) is 2.24. The van der Waals surface area contributed by atoms with E-state index in [0.29, 0.717) is 25.8 Å². The van der Waals surface area contributed by atoms with Crippen molar-refractivity contribution in [2.45, 2.75) is 31.5 Å². The summed E-state index contributed by atoms with van der Waals surface area (Å²) in [5.74, 6) is -1.24. The highest BCUT2D eigenvalue weighted by molar-refractivity contribution is 5.82. The fourth-order valence-electron chi connectivity index (χ4n) is 1.42. The summed E-state index contributed by atoms with van der Waals surface area (Å²) in [6.07, 6.45) is 1.82. The van der Waals surface area contributed by atoms with E-state index in [9.17, 15) is 9.59 Å². The molecule has 84 valence electrons. The number of carbonyl (C=O) groups is 2. The van der Waals surface area contributed by atoms with E-state index in [-0.39, 0.29) is 5.91 Å². The smallest absolute Gasteiger partial charge is 0.332 e. The number of rotatable bonds is 5. The molecule has 1 amide bonds. The van der Waals surface area contributed by atoms with Crippen molar-refractivity contribution >= 4 is 11.9 Å². The number of amides is 1. The molecule has 0 aromatic carbocycles. The van der Waals surface area contributed by atoms with E-state index in [2.05, 4.69) is 11.9 Å². The molecule has 2 atom stereocenters. The first kappa shape index (κ1) is 11.7. The molecule has 0 aromatic heterocycles. The van der Waals surface area contributed by atoms with Gasteiger partial charge in [0.25, 0.3) is 0 Å². The Hall–Kier alpha value is -1.36. The lowest BCUT2D eigenvalue weighted by atomic mass is 10.2. The van der Waals surface area contributed by atoms with Crippen molar-refractivity contribution in [3.05, 3.63) is 12.7 Å². The SMILES string of the molecule is C=CCCNC(=O)C1CCC(C(=O)O)O1. The fourth-order valence-corrected chi connectivity index (χ4v) is 1.42. The van der Waals surface area contributed by atoms with Crippen LogP contribution in [0.4, 0.5) is 0 Å². The molecule has 1 aliphatic rings. The Kier molecular flexibility index (Phi) is 4.30. The first-order valence-electron chi connectivity index (χ1n) is 4.92. The highest BCUT2D eigenvalue weighted by atomic mass is 16.5. The van der Waals surface area contributed by atoms with E-state index < -0.39 is 18.2 Å². The molecule has 15 heavy (non-hydrogen) atoms. The predicted molar refractivity (Wildman–Crippen MR) is 53.4 cm³/mol. The molecule has 1 aliphatic heterocycles. The van der Waals surface area contributed by atoms with Gasteiger partial charge < -0.3 is 15.2 Å². The van der Waals surface area contributed by atoms with Crippen LogP contribution in [0.2, 0.25) is 0 Å². The van der Waals surface area contributed by atoms with Crippen molar-refractivity contribution in [2.75, 3.05) is 6.54 Å². The van der Waals surface area contributed by atoms with Crippen LogP contribution < -0.4 is 5.32 Å². The molecule has 1 fully saturated rings. The van der Waals surface area contributed by atoms with Crippen LogP contribution in [0.15, 0.2) is 12.7 Å². The normalized spacial score (nSPS) is 24.8. The van der Waals surface area contributed by atoms with E-state index in [0.717, 1.165) is 0 Å². The summed E-state index contributed by atoms with van der Waals surface area (Å²) in [5.41, 5.74) is 0. The Balaban J connectivity index is 2.30. The summed E-state index contributed by atoms with van der Waals surface area (Å²) in [4.78, 5) is 22.0. The number of carbonyl (C=O) groups excluding carboxylic acids is 1. The molecule has 0 spiro atoms. The van der Waals surface area contributed by atoms with Crippen molar-refractivity contribution in [3.8, 4) is 0 Å². The van der Waals surface area contributed by atoms with E-state index in [1.165, 1.54) is 0 Å². The lowest BCUT2D eigenvalue weighted by molar-refractivity contribution is -0.151. The zero-order chi connectivity index (χ0) is 11.3. The van der Waals surface area contributed by atoms with Gasteiger partial charge in [0.05, 0.1) is 0 Å². The Morgan fingerprint density at radius 1 is 1.47 bits per heavy atom. The Labute approximate surface area is 88.1 Å². The average molecular weight is 213 g/mol. The molecule has 0 saturated carbocycles. The molecule has 1 rings (SSSR count). The molecule has 0 aromatic rings. The minimum atomic E-state index is -1.00. The Bertz CT molecular complexity index is 264. The molecular formula is C10H15NO4. The summed E-state index contributed by atoms with van der Waals surface area (Å²) in [5, 5.41) is 11.3. The van der Waals surface area contributed by atoms with Gasteiger partial charge in [-0.3, -0.25) is 4.79 Å². The Morgan fingerprint density at radius 3 is 2.67 bits per heavy atom. The van der Waals surface area contributed by atoms with E-state index in [1.807, 2.05) is 0 Å². The highest BCUT2D eigenvalue weighted by Gasteiger charge is 2.34.